The van der Waals surface area contributed by atoms with Crippen molar-refractivity contribution in [3.05, 3.63) is 65.1 Å². The van der Waals surface area contributed by atoms with Gasteiger partial charge in [0.05, 0.1) is 11.4 Å². The Kier molecular flexibility index (Phi) is 3.67. The maximum atomic E-state index is 13.1. The van der Waals surface area contributed by atoms with Gasteiger partial charge in [-0.05, 0) is 55.6 Å². The van der Waals surface area contributed by atoms with Gasteiger partial charge in [-0.25, -0.2) is 0 Å². The number of hydrogen-bond acceptors (Lipinski definition) is 3. The molecule has 1 N–H and O–H groups in total. The average Bonchev–Trinajstić information content (AvgIpc) is 2.63. The first-order chi connectivity index (χ1) is 11.3. The van der Waals surface area contributed by atoms with E-state index in [4.69, 9.17) is 0 Å². The van der Waals surface area contributed by atoms with Crippen LogP contribution in [0.5, 0.6) is 0 Å². The smallest absolute Gasteiger partial charge is 0.259 e. The van der Waals surface area contributed by atoms with Gasteiger partial charge in [0.2, 0.25) is 0 Å². The molecule has 0 atom stereocenters. The van der Waals surface area contributed by atoms with E-state index in [-0.39, 0.29) is 11.6 Å². The molecule has 116 valence electrons. The minimum Gasteiger partial charge on any atom is -0.317 e. The van der Waals surface area contributed by atoms with Crippen molar-refractivity contribution in [3.63, 3.8) is 0 Å². The molecule has 1 aliphatic heterocycles. The number of nitrogens with one attached hydrogen (secondary N) is 1. The van der Waals surface area contributed by atoms with Gasteiger partial charge in [-0.15, -0.1) is 0 Å². The maximum absolute atomic E-state index is 13.1. The third kappa shape index (κ3) is 2.55. The third-order valence-electron chi connectivity index (χ3n) is 4.56. The lowest BCUT2D eigenvalue weighted by Crippen LogP contribution is -2.35. The number of hydrogen-bond donors (Lipinski definition) is 1. The number of rotatable bonds is 2. The molecule has 1 aromatic carbocycles. The summed E-state index contributed by atoms with van der Waals surface area (Å²) in [7, 11) is 0. The first-order valence-electron chi connectivity index (χ1n) is 8.11. The van der Waals surface area contributed by atoms with Gasteiger partial charge in [-0.3, -0.25) is 9.78 Å². The molecule has 23 heavy (non-hydrogen) atoms. The fourth-order valence-electron chi connectivity index (χ4n) is 3.41. The zero-order valence-electron chi connectivity index (χ0n) is 12.9. The van der Waals surface area contributed by atoms with Gasteiger partial charge in [0.25, 0.3) is 5.56 Å². The van der Waals surface area contributed by atoms with Gasteiger partial charge in [0.15, 0.2) is 0 Å². The highest BCUT2D eigenvalue weighted by Gasteiger charge is 2.21. The fourth-order valence-corrected chi connectivity index (χ4v) is 3.41. The van der Waals surface area contributed by atoms with Crippen LogP contribution in [-0.2, 0) is 0 Å². The Morgan fingerprint density at radius 1 is 1.04 bits per heavy atom. The zero-order valence-corrected chi connectivity index (χ0v) is 12.9. The molecule has 0 radical (unpaired) electrons. The van der Waals surface area contributed by atoms with Gasteiger partial charge in [-0.2, -0.15) is 0 Å². The van der Waals surface area contributed by atoms with Crippen LogP contribution in [-0.4, -0.2) is 22.6 Å². The van der Waals surface area contributed by atoms with Crippen molar-refractivity contribution >= 4 is 10.8 Å². The highest BCUT2D eigenvalue weighted by atomic mass is 16.1. The van der Waals surface area contributed by atoms with Crippen molar-refractivity contribution in [2.75, 3.05) is 13.1 Å². The summed E-state index contributed by atoms with van der Waals surface area (Å²) in [5.41, 5.74) is 1.87. The summed E-state index contributed by atoms with van der Waals surface area (Å²) in [6, 6.07) is 16.0. The standard InChI is InChI=1S/C19H19N3O/c23-19-16-6-2-1-5-14(16)13-18(17-7-3-4-10-21-17)22(19)15-8-11-20-12-9-15/h1-7,10,13,15,20H,8-9,11-12H2. The highest BCUT2D eigenvalue weighted by molar-refractivity contribution is 5.85. The van der Waals surface area contributed by atoms with Crippen LogP contribution in [0, 0.1) is 0 Å². The van der Waals surface area contributed by atoms with E-state index in [1.807, 2.05) is 47.0 Å². The summed E-state index contributed by atoms with van der Waals surface area (Å²) < 4.78 is 1.96. The number of nitrogens with zero attached hydrogens (tertiary/aromatic N) is 2. The van der Waals surface area contributed by atoms with Crippen LogP contribution < -0.4 is 10.9 Å². The summed E-state index contributed by atoms with van der Waals surface area (Å²) in [6.07, 6.45) is 3.72. The van der Waals surface area contributed by atoms with Crippen LogP contribution >= 0.6 is 0 Å². The Balaban J connectivity index is 2.00. The molecule has 4 heteroatoms. The molecule has 1 fully saturated rings. The maximum Gasteiger partial charge on any atom is 0.259 e. The molecule has 4 rings (SSSR count). The first-order valence-corrected chi connectivity index (χ1v) is 8.11. The molecule has 0 spiro atoms. The minimum absolute atomic E-state index is 0.0932. The predicted molar refractivity (Wildman–Crippen MR) is 92.6 cm³/mol. The van der Waals surface area contributed by atoms with E-state index >= 15 is 0 Å². The van der Waals surface area contributed by atoms with E-state index in [0.29, 0.717) is 0 Å². The van der Waals surface area contributed by atoms with Crippen molar-refractivity contribution in [1.82, 2.24) is 14.9 Å². The summed E-state index contributed by atoms with van der Waals surface area (Å²) in [4.78, 5) is 17.6. The second kappa shape index (κ2) is 5.97. The molecule has 1 saturated heterocycles. The topological polar surface area (TPSA) is 46.9 Å². The Morgan fingerprint density at radius 3 is 2.61 bits per heavy atom. The second-order valence-corrected chi connectivity index (χ2v) is 5.99. The Morgan fingerprint density at radius 2 is 1.83 bits per heavy atom. The molecular weight excluding hydrogens is 286 g/mol. The molecule has 0 saturated carbocycles. The average molecular weight is 305 g/mol. The molecule has 1 aliphatic rings. The van der Waals surface area contributed by atoms with E-state index < -0.39 is 0 Å². The number of piperidine rings is 1. The molecule has 0 aliphatic carbocycles. The fraction of sp³-hybridized carbons (Fsp3) is 0.263. The third-order valence-corrected chi connectivity index (χ3v) is 4.56. The van der Waals surface area contributed by atoms with Gasteiger partial charge >= 0.3 is 0 Å². The van der Waals surface area contributed by atoms with Gasteiger partial charge in [0.1, 0.15) is 0 Å². The van der Waals surface area contributed by atoms with Gasteiger partial charge in [-0.1, -0.05) is 24.3 Å². The summed E-state index contributed by atoms with van der Waals surface area (Å²) in [5.74, 6) is 0. The Labute approximate surface area is 134 Å². The van der Waals surface area contributed by atoms with Crippen LogP contribution in [0.3, 0.4) is 0 Å². The van der Waals surface area contributed by atoms with Crippen LogP contribution in [0.15, 0.2) is 59.5 Å². The van der Waals surface area contributed by atoms with Crippen LogP contribution in [0.25, 0.3) is 22.2 Å². The minimum atomic E-state index is 0.0932. The normalized spacial score (nSPS) is 15.8. The lowest BCUT2D eigenvalue weighted by Gasteiger charge is -2.27. The molecule has 2 aromatic heterocycles. The monoisotopic (exact) mass is 305 g/mol. The zero-order chi connectivity index (χ0) is 15.6. The molecule has 0 bridgehead atoms. The molecular formula is C19H19N3O. The first kappa shape index (κ1) is 14.2. The van der Waals surface area contributed by atoms with Crippen LogP contribution in [0.1, 0.15) is 18.9 Å². The van der Waals surface area contributed by atoms with Crippen molar-refractivity contribution in [1.29, 1.82) is 0 Å². The second-order valence-electron chi connectivity index (χ2n) is 5.99. The van der Waals surface area contributed by atoms with E-state index in [9.17, 15) is 4.79 Å². The largest absolute Gasteiger partial charge is 0.317 e. The molecule has 4 nitrogen and oxygen atoms in total. The molecule has 3 aromatic rings. The van der Waals surface area contributed by atoms with Crippen molar-refractivity contribution in [3.8, 4) is 11.4 Å². The van der Waals surface area contributed by atoms with Crippen molar-refractivity contribution < 1.29 is 0 Å². The van der Waals surface area contributed by atoms with E-state index in [1.165, 1.54) is 0 Å². The quantitative estimate of drug-likeness (QED) is 0.792. The van der Waals surface area contributed by atoms with E-state index in [2.05, 4.69) is 16.4 Å². The Bertz CT molecular complexity index is 880. The van der Waals surface area contributed by atoms with E-state index in [1.54, 1.807) is 6.20 Å². The molecule has 3 heterocycles. The van der Waals surface area contributed by atoms with E-state index in [0.717, 1.165) is 48.1 Å². The highest BCUT2D eigenvalue weighted by Crippen LogP contribution is 2.27. The number of benzene rings is 1. The van der Waals surface area contributed by atoms with Crippen molar-refractivity contribution in [2.24, 2.45) is 0 Å². The van der Waals surface area contributed by atoms with Crippen LogP contribution in [0.4, 0.5) is 0 Å². The summed E-state index contributed by atoms with van der Waals surface area (Å²) in [6.45, 7) is 1.90. The van der Waals surface area contributed by atoms with Gasteiger partial charge < -0.3 is 9.88 Å². The van der Waals surface area contributed by atoms with Crippen LogP contribution in [0.2, 0.25) is 0 Å². The van der Waals surface area contributed by atoms with Gasteiger partial charge in [0, 0.05) is 17.6 Å². The predicted octanol–water partition coefficient (Wildman–Crippen LogP) is 2.99. The number of aromatic nitrogens is 2. The lowest BCUT2D eigenvalue weighted by molar-refractivity contribution is 0.364. The number of fused-ring (bicyclic) bond motifs is 1. The summed E-state index contributed by atoms with van der Waals surface area (Å²) >= 11 is 0. The van der Waals surface area contributed by atoms with Crippen molar-refractivity contribution in [2.45, 2.75) is 18.9 Å². The molecule has 0 unspecified atom stereocenters. The summed E-state index contributed by atoms with van der Waals surface area (Å²) in [5, 5.41) is 5.13. The number of pyridine rings is 2. The lowest BCUT2D eigenvalue weighted by atomic mass is 10.0. The molecule has 0 amide bonds. The Hall–Kier alpha value is -2.46. The SMILES string of the molecule is O=c1c2ccccc2cc(-c2ccccn2)n1C1CCNCC1.